The van der Waals surface area contributed by atoms with E-state index >= 15 is 0 Å². The molecule has 6 heteroatoms. The number of nitrogens with one attached hydrogen (secondary N) is 1. The van der Waals surface area contributed by atoms with Crippen LogP contribution in [0.5, 0.6) is 0 Å². The van der Waals surface area contributed by atoms with Gasteiger partial charge in [-0.1, -0.05) is 30.0 Å². The lowest BCUT2D eigenvalue weighted by Crippen LogP contribution is -3.00. The molecule has 2 N–H and O–H groups in total. The third kappa shape index (κ3) is 3.12. The summed E-state index contributed by atoms with van der Waals surface area (Å²) in [6.45, 7) is 4.18. The number of fused-ring (bicyclic) bond motifs is 1. The van der Waals surface area contributed by atoms with Crippen LogP contribution in [0.25, 0.3) is 0 Å². The average molecular weight is 359 g/mol. The maximum atomic E-state index is 12.6. The number of hydrogen-bond donors (Lipinski definition) is 2. The highest BCUT2D eigenvalue weighted by molar-refractivity contribution is 7.99. The highest BCUT2D eigenvalue weighted by atomic mass is 32.2. The first-order valence-electron chi connectivity index (χ1n) is 8.31. The van der Waals surface area contributed by atoms with Crippen molar-refractivity contribution >= 4 is 23.4 Å². The van der Waals surface area contributed by atoms with Crippen molar-refractivity contribution in [1.82, 2.24) is 4.57 Å². The minimum atomic E-state index is -0.949. The van der Waals surface area contributed by atoms with Crippen molar-refractivity contribution in [1.29, 1.82) is 0 Å². The molecule has 0 aliphatic carbocycles. The van der Waals surface area contributed by atoms with Gasteiger partial charge in [0.2, 0.25) is 0 Å². The molecule has 1 aromatic heterocycles. The standard InChI is InChI=1S/C19H22N2O3S/c1-11-6-5-7-13(12(11)2)8-14-9-16(22)21-15(19(23)24)10-25-18(21)17(14)20(3)4/h5-7,9,15H,8,10H2,1-4H3,(H,23,24)/p+1/t15-/m0/s1. The van der Waals surface area contributed by atoms with Crippen LogP contribution in [0.2, 0.25) is 0 Å². The summed E-state index contributed by atoms with van der Waals surface area (Å²) >= 11 is 1.47. The van der Waals surface area contributed by atoms with Crippen molar-refractivity contribution in [3.8, 4) is 0 Å². The zero-order chi connectivity index (χ0) is 18.3. The van der Waals surface area contributed by atoms with Gasteiger partial charge in [-0.05, 0) is 30.5 Å². The molecule has 1 atom stereocenters. The molecule has 1 aromatic carbocycles. The monoisotopic (exact) mass is 359 g/mol. The molecule has 3 rings (SSSR count). The van der Waals surface area contributed by atoms with Crippen LogP contribution in [0.15, 0.2) is 34.1 Å². The summed E-state index contributed by atoms with van der Waals surface area (Å²) in [6.07, 6.45) is 0.676. The molecule has 5 nitrogen and oxygen atoms in total. The second kappa shape index (κ2) is 6.69. The summed E-state index contributed by atoms with van der Waals surface area (Å²) in [6, 6.07) is 7.06. The Balaban J connectivity index is 2.16. The predicted molar refractivity (Wildman–Crippen MR) is 99.3 cm³/mol. The molecule has 0 unspecified atom stereocenters. The highest BCUT2D eigenvalue weighted by Gasteiger charge is 2.35. The number of thioether (sulfide) groups is 1. The van der Waals surface area contributed by atoms with Crippen LogP contribution in [0.1, 0.15) is 28.3 Å². The molecule has 0 bridgehead atoms. The maximum Gasteiger partial charge on any atom is 0.327 e. The number of quaternary nitrogens is 1. The van der Waals surface area contributed by atoms with E-state index in [1.165, 1.54) is 33.0 Å². The second-order valence-electron chi connectivity index (χ2n) is 6.76. The van der Waals surface area contributed by atoms with Gasteiger partial charge < -0.3 is 10.0 Å². The molecule has 0 amide bonds. The Labute approximate surface area is 151 Å². The number of carboxylic acids is 1. The smallest absolute Gasteiger partial charge is 0.327 e. The van der Waals surface area contributed by atoms with Gasteiger partial charge in [0.25, 0.3) is 5.56 Å². The number of carboxylic acid groups (broad SMARTS) is 1. The zero-order valence-electron chi connectivity index (χ0n) is 14.9. The van der Waals surface area contributed by atoms with Gasteiger partial charge in [0.1, 0.15) is 11.1 Å². The molecule has 2 heterocycles. The maximum absolute atomic E-state index is 12.6. The van der Waals surface area contributed by atoms with Gasteiger partial charge in [-0.3, -0.25) is 9.36 Å². The van der Waals surface area contributed by atoms with Gasteiger partial charge >= 0.3 is 5.97 Å². The summed E-state index contributed by atoms with van der Waals surface area (Å²) in [5.41, 5.74) is 5.44. The lowest BCUT2D eigenvalue weighted by atomic mass is 9.97. The van der Waals surface area contributed by atoms with E-state index in [1.807, 2.05) is 20.2 Å². The van der Waals surface area contributed by atoms with Gasteiger partial charge in [0.05, 0.1) is 14.1 Å². The van der Waals surface area contributed by atoms with Crippen LogP contribution >= 0.6 is 11.8 Å². The molecule has 1 aliphatic rings. The molecule has 1 aliphatic heterocycles. The SMILES string of the molecule is Cc1cccc(Cc2cc(=O)n3c(c2[NH+](C)C)SC[C@H]3C(=O)O)c1C. The normalized spacial score (nSPS) is 16.3. The van der Waals surface area contributed by atoms with Crippen molar-refractivity contribution in [2.45, 2.75) is 31.3 Å². The lowest BCUT2D eigenvalue weighted by molar-refractivity contribution is -0.788. The summed E-state index contributed by atoms with van der Waals surface area (Å²) in [5.74, 6) is -0.548. The summed E-state index contributed by atoms with van der Waals surface area (Å²) in [4.78, 5) is 25.2. The van der Waals surface area contributed by atoms with E-state index in [0.29, 0.717) is 12.2 Å². The molecule has 0 saturated heterocycles. The van der Waals surface area contributed by atoms with E-state index in [4.69, 9.17) is 0 Å². The number of aliphatic carboxylic acids is 1. The fraction of sp³-hybridized carbons (Fsp3) is 0.368. The van der Waals surface area contributed by atoms with Crippen LogP contribution in [-0.4, -0.2) is 35.5 Å². The Hall–Kier alpha value is -2.05. The first-order valence-corrected chi connectivity index (χ1v) is 9.29. The number of pyridine rings is 1. The number of hydrogen-bond acceptors (Lipinski definition) is 3. The van der Waals surface area contributed by atoms with Gasteiger partial charge in [-0.15, -0.1) is 0 Å². The topological polar surface area (TPSA) is 63.7 Å². The Morgan fingerprint density at radius 3 is 2.68 bits per heavy atom. The van der Waals surface area contributed by atoms with E-state index in [9.17, 15) is 14.7 Å². The van der Waals surface area contributed by atoms with Gasteiger partial charge in [0, 0.05) is 23.8 Å². The summed E-state index contributed by atoms with van der Waals surface area (Å²) in [7, 11) is 4.03. The van der Waals surface area contributed by atoms with Crippen molar-refractivity contribution in [3.63, 3.8) is 0 Å². The minimum Gasteiger partial charge on any atom is -0.480 e. The van der Waals surface area contributed by atoms with Gasteiger partial charge in [-0.25, -0.2) is 4.79 Å². The number of nitrogens with zero attached hydrogens (tertiary/aromatic N) is 1. The Morgan fingerprint density at radius 1 is 1.32 bits per heavy atom. The Morgan fingerprint density at radius 2 is 2.04 bits per heavy atom. The van der Waals surface area contributed by atoms with Crippen molar-refractivity contribution in [2.24, 2.45) is 0 Å². The van der Waals surface area contributed by atoms with E-state index in [2.05, 4.69) is 26.0 Å². The van der Waals surface area contributed by atoms with Gasteiger partial charge in [0.15, 0.2) is 5.69 Å². The number of carbonyl (C=O) groups is 1. The molecule has 2 aromatic rings. The lowest BCUT2D eigenvalue weighted by Gasteiger charge is -2.18. The van der Waals surface area contributed by atoms with E-state index in [-0.39, 0.29) is 5.56 Å². The van der Waals surface area contributed by atoms with Crippen LogP contribution in [-0.2, 0) is 11.2 Å². The zero-order valence-corrected chi connectivity index (χ0v) is 15.7. The fourth-order valence-corrected chi connectivity index (χ4v) is 4.83. The van der Waals surface area contributed by atoms with Crippen LogP contribution in [0.4, 0.5) is 5.69 Å². The van der Waals surface area contributed by atoms with Crippen molar-refractivity contribution < 1.29 is 14.8 Å². The Bertz CT molecular complexity index is 902. The number of rotatable bonds is 4. The van der Waals surface area contributed by atoms with Crippen LogP contribution in [0.3, 0.4) is 0 Å². The summed E-state index contributed by atoms with van der Waals surface area (Å²) in [5, 5.41) is 10.2. The first kappa shape index (κ1) is 17.8. The first-order chi connectivity index (χ1) is 11.8. The molecule has 25 heavy (non-hydrogen) atoms. The second-order valence-corrected chi connectivity index (χ2v) is 7.77. The number of benzene rings is 1. The molecule has 0 spiro atoms. The van der Waals surface area contributed by atoms with E-state index < -0.39 is 12.0 Å². The summed E-state index contributed by atoms with van der Waals surface area (Å²) < 4.78 is 1.45. The molecular formula is C19H23N2O3S+. The van der Waals surface area contributed by atoms with Gasteiger partial charge in [-0.2, -0.15) is 0 Å². The fourth-order valence-electron chi connectivity index (χ4n) is 3.38. The molecule has 0 fully saturated rings. The Kier molecular flexibility index (Phi) is 4.75. The molecule has 0 radical (unpaired) electrons. The quantitative estimate of drug-likeness (QED) is 0.870. The average Bonchev–Trinajstić information content (AvgIpc) is 2.97. The van der Waals surface area contributed by atoms with E-state index in [0.717, 1.165) is 21.2 Å². The van der Waals surface area contributed by atoms with Crippen LogP contribution < -0.4 is 10.5 Å². The van der Waals surface area contributed by atoms with Crippen LogP contribution in [0, 0.1) is 13.8 Å². The minimum absolute atomic E-state index is 0.224. The molecule has 132 valence electrons. The third-order valence-electron chi connectivity index (χ3n) is 4.86. The number of aryl methyl sites for hydroxylation is 1. The third-order valence-corrected chi connectivity index (χ3v) is 6.02. The van der Waals surface area contributed by atoms with Crippen molar-refractivity contribution in [2.75, 3.05) is 19.8 Å². The van der Waals surface area contributed by atoms with E-state index in [1.54, 1.807) is 6.07 Å². The highest BCUT2D eigenvalue weighted by Crippen LogP contribution is 2.37. The molecular weight excluding hydrogens is 336 g/mol. The largest absolute Gasteiger partial charge is 0.480 e. The molecule has 0 saturated carbocycles. The number of aromatic nitrogens is 1. The van der Waals surface area contributed by atoms with Crippen molar-refractivity contribution in [3.05, 3.63) is 56.9 Å². The predicted octanol–water partition coefficient (Wildman–Crippen LogP) is 1.56.